The van der Waals surface area contributed by atoms with Crippen LogP contribution in [0.2, 0.25) is 5.02 Å². The molecule has 100 valence electrons. The summed E-state index contributed by atoms with van der Waals surface area (Å²) < 4.78 is 0. The first-order valence-electron chi connectivity index (χ1n) is 6.16. The first-order valence-corrected chi connectivity index (χ1v) is 6.54. The zero-order valence-electron chi connectivity index (χ0n) is 11.6. The van der Waals surface area contributed by atoms with E-state index in [1.54, 1.807) is 0 Å². The fourth-order valence-electron chi connectivity index (χ4n) is 2.01. The van der Waals surface area contributed by atoms with Gasteiger partial charge in [-0.1, -0.05) is 38.4 Å². The zero-order valence-corrected chi connectivity index (χ0v) is 12.4. The summed E-state index contributed by atoms with van der Waals surface area (Å²) in [6.07, 6.45) is 0. The standard InChI is InChI=1S/C15H18ClN3/c1-8-11(16)6-5-9-10(14(17)18)7-12(15(2,3)4)19-13(8)9/h5-7H,1-4H3,(H3,17,18). The van der Waals surface area contributed by atoms with E-state index in [9.17, 15) is 0 Å². The van der Waals surface area contributed by atoms with E-state index < -0.39 is 0 Å². The molecule has 1 aromatic carbocycles. The predicted octanol–water partition coefficient (Wildman–Crippen LogP) is 3.78. The lowest BCUT2D eigenvalue weighted by Crippen LogP contribution is -2.18. The van der Waals surface area contributed by atoms with Gasteiger partial charge in [0.2, 0.25) is 0 Å². The van der Waals surface area contributed by atoms with Crippen molar-refractivity contribution in [1.29, 1.82) is 5.41 Å². The molecule has 0 saturated heterocycles. The van der Waals surface area contributed by atoms with Crippen molar-refractivity contribution in [1.82, 2.24) is 4.98 Å². The van der Waals surface area contributed by atoms with Gasteiger partial charge >= 0.3 is 0 Å². The van der Waals surface area contributed by atoms with Gasteiger partial charge in [0.05, 0.1) is 5.52 Å². The number of rotatable bonds is 1. The van der Waals surface area contributed by atoms with E-state index in [-0.39, 0.29) is 11.3 Å². The van der Waals surface area contributed by atoms with Crippen LogP contribution in [0.1, 0.15) is 37.6 Å². The van der Waals surface area contributed by atoms with Crippen LogP contribution in [-0.4, -0.2) is 10.8 Å². The maximum absolute atomic E-state index is 7.76. The van der Waals surface area contributed by atoms with E-state index in [0.29, 0.717) is 5.02 Å². The van der Waals surface area contributed by atoms with Crippen molar-refractivity contribution >= 4 is 28.3 Å². The highest BCUT2D eigenvalue weighted by Gasteiger charge is 2.19. The zero-order chi connectivity index (χ0) is 14.4. The second-order valence-corrected chi connectivity index (χ2v) is 6.19. The summed E-state index contributed by atoms with van der Waals surface area (Å²) in [4.78, 5) is 4.71. The van der Waals surface area contributed by atoms with Gasteiger partial charge in [0.25, 0.3) is 0 Å². The number of amidine groups is 1. The lowest BCUT2D eigenvalue weighted by molar-refractivity contribution is 0.571. The SMILES string of the molecule is Cc1c(Cl)ccc2c(C(=N)N)cc(C(C)(C)C)nc12. The monoisotopic (exact) mass is 275 g/mol. The average molecular weight is 276 g/mol. The number of halogens is 1. The van der Waals surface area contributed by atoms with Crippen LogP contribution in [0.5, 0.6) is 0 Å². The molecule has 0 radical (unpaired) electrons. The molecule has 0 atom stereocenters. The molecule has 19 heavy (non-hydrogen) atoms. The number of nitrogens with two attached hydrogens (primary N) is 1. The summed E-state index contributed by atoms with van der Waals surface area (Å²) in [6, 6.07) is 5.60. The van der Waals surface area contributed by atoms with Crippen LogP contribution < -0.4 is 5.73 Å². The molecule has 0 unspecified atom stereocenters. The number of pyridine rings is 1. The topological polar surface area (TPSA) is 62.8 Å². The van der Waals surface area contributed by atoms with Crippen LogP contribution in [0.4, 0.5) is 0 Å². The molecule has 0 bridgehead atoms. The summed E-state index contributed by atoms with van der Waals surface area (Å²) in [7, 11) is 0. The van der Waals surface area contributed by atoms with E-state index in [1.165, 1.54) is 0 Å². The second kappa shape index (κ2) is 4.49. The van der Waals surface area contributed by atoms with Gasteiger partial charge in [0.1, 0.15) is 5.84 Å². The highest BCUT2D eigenvalue weighted by molar-refractivity contribution is 6.32. The van der Waals surface area contributed by atoms with Gasteiger partial charge in [-0.2, -0.15) is 0 Å². The summed E-state index contributed by atoms with van der Waals surface area (Å²) in [6.45, 7) is 8.20. The van der Waals surface area contributed by atoms with Crippen molar-refractivity contribution in [3.8, 4) is 0 Å². The maximum Gasteiger partial charge on any atom is 0.123 e. The van der Waals surface area contributed by atoms with Crippen LogP contribution >= 0.6 is 11.6 Å². The Balaban J connectivity index is 2.92. The number of nitrogen functional groups attached to an aromatic ring is 1. The molecule has 0 spiro atoms. The molecule has 2 rings (SSSR count). The minimum absolute atomic E-state index is 0.0552. The van der Waals surface area contributed by atoms with Gasteiger partial charge in [0.15, 0.2) is 0 Å². The predicted molar refractivity (Wildman–Crippen MR) is 81.2 cm³/mol. The highest BCUT2D eigenvalue weighted by Crippen LogP contribution is 2.30. The largest absolute Gasteiger partial charge is 0.384 e. The summed E-state index contributed by atoms with van der Waals surface area (Å²) >= 11 is 6.16. The molecule has 0 saturated carbocycles. The molecule has 0 fully saturated rings. The Kier molecular flexibility index (Phi) is 3.27. The smallest absolute Gasteiger partial charge is 0.123 e. The van der Waals surface area contributed by atoms with Crippen molar-refractivity contribution in [3.63, 3.8) is 0 Å². The summed E-state index contributed by atoms with van der Waals surface area (Å²) in [5.74, 6) is 0.0552. The van der Waals surface area contributed by atoms with Crippen molar-refractivity contribution in [2.24, 2.45) is 5.73 Å². The van der Waals surface area contributed by atoms with Gasteiger partial charge in [-0.15, -0.1) is 0 Å². The quantitative estimate of drug-likeness (QED) is 0.614. The Hall–Kier alpha value is -1.61. The Morgan fingerprint density at radius 1 is 1.32 bits per heavy atom. The first kappa shape index (κ1) is 13.8. The highest BCUT2D eigenvalue weighted by atomic mass is 35.5. The Morgan fingerprint density at radius 3 is 2.47 bits per heavy atom. The molecule has 1 aromatic heterocycles. The van der Waals surface area contributed by atoms with Crippen LogP contribution in [-0.2, 0) is 5.41 Å². The number of fused-ring (bicyclic) bond motifs is 1. The third-order valence-corrected chi connectivity index (χ3v) is 3.64. The maximum atomic E-state index is 7.76. The number of aromatic nitrogens is 1. The molecule has 4 heteroatoms. The van der Waals surface area contributed by atoms with Crippen molar-refractivity contribution in [3.05, 3.63) is 40.0 Å². The fourth-order valence-corrected chi connectivity index (χ4v) is 2.16. The molecule has 0 aliphatic carbocycles. The Morgan fingerprint density at radius 2 is 1.95 bits per heavy atom. The van der Waals surface area contributed by atoms with Crippen molar-refractivity contribution in [2.45, 2.75) is 33.1 Å². The molecule has 2 aromatic rings. The van der Waals surface area contributed by atoms with Gasteiger partial charge in [-0.05, 0) is 24.6 Å². The van der Waals surface area contributed by atoms with E-state index >= 15 is 0 Å². The molecule has 3 nitrogen and oxygen atoms in total. The van der Waals surface area contributed by atoms with E-state index in [0.717, 1.165) is 27.7 Å². The fraction of sp³-hybridized carbons (Fsp3) is 0.333. The number of nitrogens with one attached hydrogen (secondary N) is 1. The summed E-state index contributed by atoms with van der Waals surface area (Å²) in [5, 5.41) is 9.32. The molecule has 0 aliphatic rings. The lowest BCUT2D eigenvalue weighted by atomic mass is 9.89. The second-order valence-electron chi connectivity index (χ2n) is 5.79. The Bertz CT molecular complexity index is 669. The first-order chi connectivity index (χ1) is 8.71. The number of hydrogen-bond donors (Lipinski definition) is 2. The number of nitrogens with zero attached hydrogens (tertiary/aromatic N) is 1. The minimum atomic E-state index is -0.104. The van der Waals surface area contributed by atoms with Gasteiger partial charge in [-0.3, -0.25) is 10.4 Å². The van der Waals surface area contributed by atoms with Crippen molar-refractivity contribution in [2.75, 3.05) is 0 Å². The third kappa shape index (κ3) is 2.43. The van der Waals surface area contributed by atoms with Crippen LogP contribution in [0.15, 0.2) is 18.2 Å². The number of hydrogen-bond acceptors (Lipinski definition) is 2. The molecular weight excluding hydrogens is 258 g/mol. The average Bonchev–Trinajstić information content (AvgIpc) is 2.31. The Labute approximate surface area is 118 Å². The molecule has 0 aliphatic heterocycles. The minimum Gasteiger partial charge on any atom is -0.384 e. The molecule has 1 heterocycles. The van der Waals surface area contributed by atoms with E-state index in [4.69, 9.17) is 27.7 Å². The third-order valence-electron chi connectivity index (χ3n) is 3.23. The van der Waals surface area contributed by atoms with Crippen LogP contribution in [0.3, 0.4) is 0 Å². The van der Waals surface area contributed by atoms with E-state index in [2.05, 4.69) is 20.8 Å². The van der Waals surface area contributed by atoms with Gasteiger partial charge < -0.3 is 5.73 Å². The molecule has 3 N–H and O–H groups in total. The van der Waals surface area contributed by atoms with Crippen LogP contribution in [0.25, 0.3) is 10.9 Å². The summed E-state index contributed by atoms with van der Waals surface area (Å²) in [5.41, 5.74) is 8.98. The van der Waals surface area contributed by atoms with Gasteiger partial charge in [-0.25, -0.2) is 0 Å². The normalized spacial score (nSPS) is 11.8. The van der Waals surface area contributed by atoms with Crippen molar-refractivity contribution < 1.29 is 0 Å². The van der Waals surface area contributed by atoms with Crippen LogP contribution in [0, 0.1) is 12.3 Å². The number of aryl methyl sites for hydroxylation is 1. The van der Waals surface area contributed by atoms with Gasteiger partial charge in [0, 0.05) is 27.1 Å². The lowest BCUT2D eigenvalue weighted by Gasteiger charge is -2.20. The number of benzene rings is 1. The molecule has 0 amide bonds. The van der Waals surface area contributed by atoms with E-state index in [1.807, 2.05) is 25.1 Å². The molecular formula is C15H18ClN3.